The van der Waals surface area contributed by atoms with Crippen molar-refractivity contribution in [1.82, 2.24) is 0 Å². The second kappa shape index (κ2) is 7.84. The Morgan fingerprint density at radius 3 is 2.65 bits per heavy atom. The summed E-state index contributed by atoms with van der Waals surface area (Å²) in [6, 6.07) is 7.55. The lowest BCUT2D eigenvalue weighted by molar-refractivity contribution is 0.103. The van der Waals surface area contributed by atoms with Crippen molar-refractivity contribution >= 4 is 33.5 Å². The predicted molar refractivity (Wildman–Crippen MR) is 94.0 cm³/mol. The highest BCUT2D eigenvalue weighted by atomic mass is 79.9. The van der Waals surface area contributed by atoms with E-state index in [0.29, 0.717) is 10.0 Å². The molecular formula is C17H16BrFO3S. The molecule has 122 valence electrons. The van der Waals surface area contributed by atoms with Gasteiger partial charge in [-0.3, -0.25) is 4.79 Å². The molecule has 0 saturated heterocycles. The summed E-state index contributed by atoms with van der Waals surface area (Å²) >= 11 is 5.18. The zero-order chi connectivity index (χ0) is 17.0. The number of aromatic hydroxyl groups is 1. The van der Waals surface area contributed by atoms with E-state index in [9.17, 15) is 14.3 Å². The molecule has 2 rings (SSSR count). The van der Waals surface area contributed by atoms with E-state index in [1.807, 2.05) is 12.1 Å². The van der Waals surface area contributed by atoms with Crippen LogP contribution in [0.15, 0.2) is 34.8 Å². The zero-order valence-electron chi connectivity index (χ0n) is 12.7. The predicted octanol–water partition coefficient (Wildman–Crippen LogP) is 4.79. The van der Waals surface area contributed by atoms with Crippen LogP contribution in [0.4, 0.5) is 4.39 Å². The number of benzene rings is 2. The van der Waals surface area contributed by atoms with Gasteiger partial charge in [-0.25, -0.2) is 4.39 Å². The molecule has 0 aliphatic rings. The first-order valence-electron chi connectivity index (χ1n) is 6.95. The molecular weight excluding hydrogens is 383 g/mol. The number of hydrogen-bond acceptors (Lipinski definition) is 4. The molecule has 23 heavy (non-hydrogen) atoms. The number of phenolic OH excluding ortho intramolecular Hbond substituents is 1. The number of halogens is 2. The Kier molecular flexibility index (Phi) is 6.07. The van der Waals surface area contributed by atoms with E-state index in [1.54, 1.807) is 17.8 Å². The van der Waals surface area contributed by atoms with Crippen molar-refractivity contribution in [3.63, 3.8) is 0 Å². The summed E-state index contributed by atoms with van der Waals surface area (Å²) in [5.41, 5.74) is 1.50. The highest BCUT2D eigenvalue weighted by Gasteiger charge is 2.19. The second-order valence-corrected chi connectivity index (χ2v) is 6.91. The summed E-state index contributed by atoms with van der Waals surface area (Å²) in [6.45, 7) is 2.09. The molecule has 1 N–H and O–H groups in total. The molecule has 0 fully saturated rings. The van der Waals surface area contributed by atoms with E-state index < -0.39 is 17.3 Å². The molecule has 0 saturated carbocycles. The standard InChI is InChI=1S/C17H16BrFO3S/c1-3-23-9-10-4-5-11(13(18)6-10)17(21)12-7-16(22-2)14(19)8-15(12)20/h4-8,20H,3,9H2,1-2H3. The second-order valence-electron chi connectivity index (χ2n) is 4.78. The minimum absolute atomic E-state index is 0.000340. The Labute approximate surface area is 147 Å². The molecule has 0 heterocycles. The monoisotopic (exact) mass is 398 g/mol. The van der Waals surface area contributed by atoms with Crippen LogP contribution < -0.4 is 4.74 Å². The molecule has 0 unspecified atom stereocenters. The van der Waals surface area contributed by atoms with Gasteiger partial charge >= 0.3 is 0 Å². The Bertz CT molecular complexity index is 734. The lowest BCUT2D eigenvalue weighted by atomic mass is 10.0. The third-order valence-electron chi connectivity index (χ3n) is 3.27. The maximum absolute atomic E-state index is 13.5. The third-order valence-corrected chi connectivity index (χ3v) is 4.87. The fourth-order valence-electron chi connectivity index (χ4n) is 2.08. The van der Waals surface area contributed by atoms with Crippen molar-refractivity contribution in [3.05, 3.63) is 57.3 Å². The summed E-state index contributed by atoms with van der Waals surface area (Å²) in [5.74, 6) is 0.264. The minimum Gasteiger partial charge on any atom is -0.507 e. The number of ether oxygens (including phenoxy) is 1. The van der Waals surface area contributed by atoms with Crippen molar-refractivity contribution < 1.29 is 19.0 Å². The van der Waals surface area contributed by atoms with Gasteiger partial charge in [0.25, 0.3) is 0 Å². The average Bonchev–Trinajstić information content (AvgIpc) is 2.52. The first kappa shape index (κ1) is 17.8. The van der Waals surface area contributed by atoms with E-state index in [1.165, 1.54) is 13.2 Å². The lowest BCUT2D eigenvalue weighted by Crippen LogP contribution is -2.04. The number of ketones is 1. The number of carbonyl (C=O) groups excluding carboxylic acids is 1. The fraction of sp³-hybridized carbons (Fsp3) is 0.235. The quantitative estimate of drug-likeness (QED) is 0.710. The SMILES string of the molecule is CCSCc1ccc(C(=O)c2cc(OC)c(F)cc2O)c(Br)c1. The van der Waals surface area contributed by atoms with Gasteiger partial charge in [0.1, 0.15) is 5.75 Å². The highest BCUT2D eigenvalue weighted by Crippen LogP contribution is 2.31. The van der Waals surface area contributed by atoms with Gasteiger partial charge in [0.05, 0.1) is 12.7 Å². The molecule has 0 aromatic heterocycles. The van der Waals surface area contributed by atoms with Crippen molar-refractivity contribution in [2.24, 2.45) is 0 Å². The summed E-state index contributed by atoms with van der Waals surface area (Å²) in [4.78, 5) is 12.6. The average molecular weight is 399 g/mol. The molecule has 3 nitrogen and oxygen atoms in total. The number of methoxy groups -OCH3 is 1. The smallest absolute Gasteiger partial charge is 0.198 e. The van der Waals surface area contributed by atoms with Crippen LogP contribution in [0.3, 0.4) is 0 Å². The van der Waals surface area contributed by atoms with Crippen LogP contribution >= 0.6 is 27.7 Å². The molecule has 0 radical (unpaired) electrons. The third kappa shape index (κ3) is 4.06. The van der Waals surface area contributed by atoms with Crippen molar-refractivity contribution in [1.29, 1.82) is 0 Å². The molecule has 0 aliphatic carbocycles. The van der Waals surface area contributed by atoms with Crippen LogP contribution in [0.25, 0.3) is 0 Å². The van der Waals surface area contributed by atoms with Crippen molar-refractivity contribution in [2.75, 3.05) is 12.9 Å². The lowest BCUT2D eigenvalue weighted by Gasteiger charge is -2.10. The van der Waals surface area contributed by atoms with E-state index in [2.05, 4.69) is 22.9 Å². The van der Waals surface area contributed by atoms with E-state index in [-0.39, 0.29) is 11.3 Å². The number of hydrogen-bond donors (Lipinski definition) is 1. The fourth-order valence-corrected chi connectivity index (χ4v) is 3.30. The van der Waals surface area contributed by atoms with E-state index in [4.69, 9.17) is 4.74 Å². The maximum atomic E-state index is 13.5. The van der Waals surface area contributed by atoms with Gasteiger partial charge in [0.15, 0.2) is 17.3 Å². The van der Waals surface area contributed by atoms with Crippen LogP contribution in [0.5, 0.6) is 11.5 Å². The van der Waals surface area contributed by atoms with Gasteiger partial charge in [-0.05, 0) is 29.5 Å². The Balaban J connectivity index is 2.37. The maximum Gasteiger partial charge on any atom is 0.198 e. The summed E-state index contributed by atoms with van der Waals surface area (Å²) in [5, 5.41) is 9.87. The highest BCUT2D eigenvalue weighted by molar-refractivity contribution is 9.10. The van der Waals surface area contributed by atoms with Gasteiger partial charge in [-0.15, -0.1) is 0 Å². The van der Waals surface area contributed by atoms with Crippen LogP contribution in [0.1, 0.15) is 28.4 Å². The Hall–Kier alpha value is -1.53. The van der Waals surface area contributed by atoms with Crippen LogP contribution in [-0.2, 0) is 5.75 Å². The summed E-state index contributed by atoms with van der Waals surface area (Å²) in [7, 11) is 1.31. The molecule has 0 bridgehead atoms. The van der Waals surface area contributed by atoms with Crippen LogP contribution in [0, 0.1) is 5.82 Å². The molecule has 2 aromatic rings. The Morgan fingerprint density at radius 2 is 2.04 bits per heavy atom. The molecule has 0 amide bonds. The largest absolute Gasteiger partial charge is 0.507 e. The number of thioether (sulfide) groups is 1. The van der Waals surface area contributed by atoms with Gasteiger partial charge in [0.2, 0.25) is 0 Å². The van der Waals surface area contributed by atoms with Crippen LogP contribution in [0.2, 0.25) is 0 Å². The summed E-state index contributed by atoms with van der Waals surface area (Å²) in [6.07, 6.45) is 0. The van der Waals surface area contributed by atoms with E-state index in [0.717, 1.165) is 23.1 Å². The zero-order valence-corrected chi connectivity index (χ0v) is 15.1. The normalized spacial score (nSPS) is 10.6. The molecule has 6 heteroatoms. The van der Waals surface area contributed by atoms with Crippen LogP contribution in [-0.4, -0.2) is 23.8 Å². The van der Waals surface area contributed by atoms with Crippen molar-refractivity contribution in [2.45, 2.75) is 12.7 Å². The number of rotatable bonds is 6. The summed E-state index contributed by atoms with van der Waals surface area (Å²) < 4.78 is 19.0. The first-order valence-corrected chi connectivity index (χ1v) is 8.90. The molecule has 0 aliphatic heterocycles. The number of phenols is 1. The van der Waals surface area contributed by atoms with E-state index >= 15 is 0 Å². The van der Waals surface area contributed by atoms with Gasteiger partial charge in [-0.1, -0.05) is 28.9 Å². The minimum atomic E-state index is -0.715. The Morgan fingerprint density at radius 1 is 1.30 bits per heavy atom. The topological polar surface area (TPSA) is 46.5 Å². The number of carbonyl (C=O) groups is 1. The molecule has 2 aromatic carbocycles. The molecule has 0 atom stereocenters. The van der Waals surface area contributed by atoms with Gasteiger partial charge in [-0.2, -0.15) is 11.8 Å². The molecule has 0 spiro atoms. The van der Waals surface area contributed by atoms with Gasteiger partial charge in [0, 0.05) is 21.9 Å². The van der Waals surface area contributed by atoms with Crippen molar-refractivity contribution in [3.8, 4) is 11.5 Å². The van der Waals surface area contributed by atoms with Gasteiger partial charge < -0.3 is 9.84 Å². The first-order chi connectivity index (χ1) is 11.0.